The topological polar surface area (TPSA) is 54.5 Å². The Kier molecular flexibility index (Phi) is 5.26. The molecule has 0 N–H and O–H groups in total. The highest BCUT2D eigenvalue weighted by Gasteiger charge is 2.71. The van der Waals surface area contributed by atoms with Gasteiger partial charge in [-0.3, -0.25) is 14.4 Å². The Labute approximate surface area is 231 Å². The van der Waals surface area contributed by atoms with Gasteiger partial charge < -0.3 is 4.90 Å². The summed E-state index contributed by atoms with van der Waals surface area (Å²) >= 11 is 6.16. The number of hydrogen-bond donors (Lipinski definition) is 0. The molecule has 7 rings (SSSR count). The van der Waals surface area contributed by atoms with Crippen molar-refractivity contribution in [2.45, 2.75) is 24.9 Å². The Morgan fingerprint density at radius 1 is 0.821 bits per heavy atom. The second kappa shape index (κ2) is 8.62. The van der Waals surface area contributed by atoms with Gasteiger partial charge in [-0.15, -0.1) is 0 Å². The van der Waals surface area contributed by atoms with Crippen LogP contribution < -0.4 is 4.90 Å². The zero-order chi connectivity index (χ0) is 26.9. The molecule has 1 unspecified atom stereocenters. The number of fused-ring (bicyclic) bond motifs is 5. The van der Waals surface area contributed by atoms with Crippen molar-refractivity contribution in [3.63, 3.8) is 0 Å². The Bertz CT molecular complexity index is 1670. The number of carbonyl (C=O) groups is 3. The lowest BCUT2D eigenvalue weighted by molar-refractivity contribution is 0.0666. The maximum absolute atomic E-state index is 14.6. The molecule has 4 aromatic carbocycles. The molecule has 2 heterocycles. The molecule has 39 heavy (non-hydrogen) atoms. The quantitative estimate of drug-likeness (QED) is 0.212. The summed E-state index contributed by atoms with van der Waals surface area (Å²) in [5.74, 6) is -1.31. The van der Waals surface area contributed by atoms with Crippen LogP contribution in [0, 0.1) is 12.3 Å². The van der Waals surface area contributed by atoms with E-state index in [-0.39, 0.29) is 17.3 Å². The zero-order valence-electron chi connectivity index (χ0n) is 21.2. The molecule has 1 fully saturated rings. The highest BCUT2D eigenvalue weighted by atomic mass is 35.5. The number of ketones is 3. The highest BCUT2D eigenvalue weighted by Crippen LogP contribution is 2.61. The lowest BCUT2D eigenvalue weighted by atomic mass is 9.64. The molecule has 190 valence electrons. The van der Waals surface area contributed by atoms with Crippen molar-refractivity contribution in [1.82, 2.24) is 0 Å². The lowest BCUT2D eigenvalue weighted by Gasteiger charge is -2.37. The summed E-state index contributed by atoms with van der Waals surface area (Å²) in [6.07, 6.45) is 3.94. The van der Waals surface area contributed by atoms with Gasteiger partial charge in [0.1, 0.15) is 11.5 Å². The average molecular weight is 530 g/mol. The molecule has 3 atom stereocenters. The van der Waals surface area contributed by atoms with E-state index in [9.17, 15) is 14.4 Å². The van der Waals surface area contributed by atoms with Crippen molar-refractivity contribution >= 4 is 40.7 Å². The highest BCUT2D eigenvalue weighted by molar-refractivity contribution is 6.32. The van der Waals surface area contributed by atoms with Crippen LogP contribution >= 0.6 is 11.6 Å². The molecule has 1 spiro atoms. The number of aryl methyl sites for hydroxylation is 1. The van der Waals surface area contributed by atoms with Crippen LogP contribution in [0.5, 0.6) is 0 Å². The summed E-state index contributed by atoms with van der Waals surface area (Å²) in [7, 11) is 0. The molecule has 3 aliphatic rings. The van der Waals surface area contributed by atoms with Gasteiger partial charge in [-0.1, -0.05) is 90.0 Å². The van der Waals surface area contributed by atoms with Crippen LogP contribution in [0.1, 0.15) is 53.7 Å². The van der Waals surface area contributed by atoms with Gasteiger partial charge in [0.2, 0.25) is 0 Å². The monoisotopic (exact) mass is 529 g/mol. The summed E-state index contributed by atoms with van der Waals surface area (Å²) < 4.78 is 0. The van der Waals surface area contributed by atoms with Crippen LogP contribution in [0.3, 0.4) is 0 Å². The van der Waals surface area contributed by atoms with E-state index in [0.717, 1.165) is 22.4 Å². The Balaban J connectivity index is 1.54. The second-order valence-corrected chi connectivity index (χ2v) is 11.0. The van der Waals surface area contributed by atoms with Crippen LogP contribution in [0.4, 0.5) is 5.69 Å². The summed E-state index contributed by atoms with van der Waals surface area (Å²) in [6, 6.07) is 28.1. The molecule has 1 saturated heterocycles. The normalized spacial score (nSPS) is 22.1. The first-order chi connectivity index (χ1) is 18.9. The van der Waals surface area contributed by atoms with Crippen LogP contribution in [-0.2, 0) is 0 Å². The maximum Gasteiger partial charge on any atom is 0.185 e. The Hall–Kier alpha value is -4.28. The summed E-state index contributed by atoms with van der Waals surface area (Å²) in [5, 5.41) is 0.533. The zero-order valence-corrected chi connectivity index (χ0v) is 21.9. The third-order valence-corrected chi connectivity index (χ3v) is 8.77. The van der Waals surface area contributed by atoms with Crippen molar-refractivity contribution < 1.29 is 14.4 Å². The van der Waals surface area contributed by atoms with Gasteiger partial charge in [-0.05, 0) is 54.4 Å². The summed E-state index contributed by atoms with van der Waals surface area (Å²) in [4.78, 5) is 45.8. The van der Waals surface area contributed by atoms with Gasteiger partial charge >= 0.3 is 0 Å². The molecule has 0 bridgehead atoms. The summed E-state index contributed by atoms with van der Waals surface area (Å²) in [6.45, 7) is 2.02. The van der Waals surface area contributed by atoms with Crippen LogP contribution in [0.2, 0.25) is 5.02 Å². The molecule has 4 aromatic rings. The number of nitrogens with zero attached hydrogens (tertiary/aromatic N) is 1. The van der Waals surface area contributed by atoms with E-state index < -0.39 is 23.4 Å². The number of anilines is 1. The van der Waals surface area contributed by atoms with E-state index in [2.05, 4.69) is 6.07 Å². The number of rotatable bonds is 3. The SMILES string of the molecule is Cc1ccc2c(c1)C=CC1N2[C@@H](C(=O)c2ccc(Cl)cc2)[C@H](c2ccccc2)C12C(=O)c1ccccc1C2=O. The van der Waals surface area contributed by atoms with Crippen LogP contribution in [-0.4, -0.2) is 29.4 Å². The molecule has 5 heteroatoms. The minimum atomic E-state index is -1.49. The molecule has 0 radical (unpaired) electrons. The number of benzene rings is 4. The smallest absolute Gasteiger partial charge is 0.185 e. The first-order valence-electron chi connectivity index (χ1n) is 13.0. The van der Waals surface area contributed by atoms with Gasteiger partial charge in [0.15, 0.2) is 17.3 Å². The van der Waals surface area contributed by atoms with Crippen molar-refractivity contribution in [3.05, 3.63) is 142 Å². The molecule has 2 aliphatic heterocycles. The standard InChI is InChI=1S/C34H24ClNO3/c1-20-11-17-27-23(19-20)14-18-28-34(32(38)25-9-5-6-10-26(25)33(34)39)29(21-7-3-2-4-8-21)30(36(27)28)31(37)22-12-15-24(35)16-13-22/h2-19,28-30H,1H3/t28?,29-,30+/m0/s1. The fourth-order valence-corrected chi connectivity index (χ4v) is 7.04. The average Bonchev–Trinajstić information content (AvgIpc) is 3.39. The molecule has 0 aromatic heterocycles. The van der Waals surface area contributed by atoms with Gasteiger partial charge in [-0.25, -0.2) is 0 Å². The maximum atomic E-state index is 14.6. The first-order valence-corrected chi connectivity index (χ1v) is 13.4. The van der Waals surface area contributed by atoms with E-state index in [0.29, 0.717) is 21.7 Å². The third-order valence-electron chi connectivity index (χ3n) is 8.52. The number of Topliss-reactive ketones (excluding diaryl/α,β-unsaturated/α-hetero) is 3. The first kappa shape index (κ1) is 23.8. The minimum absolute atomic E-state index is 0.152. The Morgan fingerprint density at radius 2 is 1.46 bits per heavy atom. The van der Waals surface area contributed by atoms with Crippen LogP contribution in [0.25, 0.3) is 6.08 Å². The van der Waals surface area contributed by atoms with E-state index in [1.165, 1.54) is 0 Å². The van der Waals surface area contributed by atoms with Gasteiger partial charge in [0.05, 0.1) is 6.04 Å². The second-order valence-electron chi connectivity index (χ2n) is 10.6. The molecule has 4 nitrogen and oxygen atoms in total. The van der Waals surface area contributed by atoms with Gasteiger partial charge in [0.25, 0.3) is 0 Å². The molecule has 1 aliphatic carbocycles. The van der Waals surface area contributed by atoms with Gasteiger partial charge in [0, 0.05) is 33.3 Å². The lowest BCUT2D eigenvalue weighted by Crippen LogP contribution is -2.48. The largest absolute Gasteiger partial charge is 0.352 e. The summed E-state index contributed by atoms with van der Waals surface area (Å²) in [5.41, 5.74) is 3.52. The van der Waals surface area contributed by atoms with Crippen molar-refractivity contribution in [2.75, 3.05) is 4.90 Å². The van der Waals surface area contributed by atoms with Crippen LogP contribution in [0.15, 0.2) is 103 Å². The number of carbonyl (C=O) groups excluding carboxylic acids is 3. The number of halogens is 1. The fourth-order valence-electron chi connectivity index (χ4n) is 6.91. The fraction of sp³-hybridized carbons (Fsp3) is 0.147. The minimum Gasteiger partial charge on any atom is -0.352 e. The van der Waals surface area contributed by atoms with E-state index >= 15 is 0 Å². The van der Waals surface area contributed by atoms with E-state index in [1.54, 1.807) is 48.5 Å². The van der Waals surface area contributed by atoms with Crippen molar-refractivity contribution in [2.24, 2.45) is 5.41 Å². The molecule has 0 saturated carbocycles. The van der Waals surface area contributed by atoms with E-state index in [4.69, 9.17) is 11.6 Å². The molecular formula is C34H24ClNO3. The van der Waals surface area contributed by atoms with E-state index in [1.807, 2.05) is 66.4 Å². The van der Waals surface area contributed by atoms with Crippen molar-refractivity contribution in [1.29, 1.82) is 0 Å². The Morgan fingerprint density at radius 3 is 2.13 bits per heavy atom. The molecule has 0 amide bonds. The predicted octanol–water partition coefficient (Wildman–Crippen LogP) is 6.96. The number of hydrogen-bond acceptors (Lipinski definition) is 4. The predicted molar refractivity (Wildman–Crippen MR) is 153 cm³/mol. The third kappa shape index (κ3) is 3.22. The van der Waals surface area contributed by atoms with Crippen molar-refractivity contribution in [3.8, 4) is 0 Å². The molecular weight excluding hydrogens is 506 g/mol. The van der Waals surface area contributed by atoms with Gasteiger partial charge in [-0.2, -0.15) is 0 Å².